The van der Waals surface area contributed by atoms with E-state index in [4.69, 9.17) is 5.11 Å². The Bertz CT molecular complexity index is 378. The average Bonchev–Trinajstić information content (AvgIpc) is 2.82. The van der Waals surface area contributed by atoms with Crippen molar-refractivity contribution < 1.29 is 14.7 Å². The van der Waals surface area contributed by atoms with Gasteiger partial charge in [-0.05, 0) is 25.3 Å². The third-order valence-corrected chi connectivity index (χ3v) is 3.02. The number of nitrogens with one attached hydrogen (secondary N) is 2. The first kappa shape index (κ1) is 13.7. The molecule has 2 amide bonds. The Balaban J connectivity index is 2.46. The number of aliphatic hydroxyl groups excluding tert-OH is 1. The zero-order valence-electron chi connectivity index (χ0n) is 9.77. The van der Waals surface area contributed by atoms with E-state index in [9.17, 15) is 9.59 Å². The van der Waals surface area contributed by atoms with Crippen LogP contribution in [0.5, 0.6) is 0 Å². The van der Waals surface area contributed by atoms with Crippen molar-refractivity contribution in [3.63, 3.8) is 0 Å². The Morgan fingerprint density at radius 2 is 2.12 bits per heavy atom. The lowest BCUT2D eigenvalue weighted by Crippen LogP contribution is -2.48. The van der Waals surface area contributed by atoms with Crippen molar-refractivity contribution in [2.24, 2.45) is 0 Å². The molecule has 0 bridgehead atoms. The van der Waals surface area contributed by atoms with E-state index in [1.807, 2.05) is 0 Å². The monoisotopic (exact) mass is 256 g/mol. The third-order valence-electron chi connectivity index (χ3n) is 2.15. The molecule has 5 nitrogen and oxygen atoms in total. The molecule has 0 radical (unpaired) electrons. The zero-order chi connectivity index (χ0) is 12.8. The summed E-state index contributed by atoms with van der Waals surface area (Å²) < 4.78 is 0. The molecular weight excluding hydrogens is 240 g/mol. The van der Waals surface area contributed by atoms with Crippen molar-refractivity contribution in [1.29, 1.82) is 0 Å². The Kier molecular flexibility index (Phi) is 5.11. The van der Waals surface area contributed by atoms with Crippen molar-refractivity contribution in [2.75, 3.05) is 6.61 Å². The third kappa shape index (κ3) is 4.16. The summed E-state index contributed by atoms with van der Waals surface area (Å²) >= 11 is 1.32. The van der Waals surface area contributed by atoms with Gasteiger partial charge in [0.1, 0.15) is 6.04 Å². The molecule has 0 aliphatic carbocycles. The molecule has 0 fully saturated rings. The van der Waals surface area contributed by atoms with E-state index in [0.29, 0.717) is 4.88 Å². The average molecular weight is 256 g/mol. The van der Waals surface area contributed by atoms with Crippen molar-refractivity contribution >= 4 is 23.2 Å². The first-order valence-electron chi connectivity index (χ1n) is 5.30. The first-order valence-corrected chi connectivity index (χ1v) is 6.18. The molecule has 0 spiro atoms. The van der Waals surface area contributed by atoms with Gasteiger partial charge in [-0.3, -0.25) is 9.59 Å². The number of hydrogen-bond donors (Lipinski definition) is 3. The molecule has 0 saturated heterocycles. The van der Waals surface area contributed by atoms with E-state index in [-0.39, 0.29) is 24.5 Å². The van der Waals surface area contributed by atoms with Gasteiger partial charge in [-0.25, -0.2) is 0 Å². The lowest BCUT2D eigenvalue weighted by atomic mass is 10.2. The Hall–Kier alpha value is -1.40. The lowest BCUT2D eigenvalue weighted by molar-refractivity contribution is -0.123. The largest absolute Gasteiger partial charge is 0.394 e. The van der Waals surface area contributed by atoms with E-state index < -0.39 is 6.04 Å². The number of carbonyl (C=O) groups excluding carboxylic acids is 2. The van der Waals surface area contributed by atoms with Gasteiger partial charge in [0.15, 0.2) is 0 Å². The summed E-state index contributed by atoms with van der Waals surface area (Å²) in [6.45, 7) is 3.16. The van der Waals surface area contributed by atoms with Crippen LogP contribution in [0, 0.1) is 0 Å². The highest BCUT2D eigenvalue weighted by atomic mass is 32.1. The van der Waals surface area contributed by atoms with Crippen LogP contribution in [0.4, 0.5) is 0 Å². The molecule has 0 aliphatic rings. The smallest absolute Gasteiger partial charge is 0.261 e. The normalized spacial score (nSPS) is 13.8. The van der Waals surface area contributed by atoms with Crippen LogP contribution < -0.4 is 10.6 Å². The van der Waals surface area contributed by atoms with Gasteiger partial charge in [0, 0.05) is 6.04 Å². The molecule has 0 aromatic carbocycles. The first-order chi connectivity index (χ1) is 8.04. The van der Waals surface area contributed by atoms with Gasteiger partial charge in [0.25, 0.3) is 5.91 Å². The number of amides is 2. The maximum Gasteiger partial charge on any atom is 0.261 e. The fourth-order valence-corrected chi connectivity index (χ4v) is 1.78. The van der Waals surface area contributed by atoms with Crippen LogP contribution in [0.25, 0.3) is 0 Å². The van der Waals surface area contributed by atoms with Crippen molar-refractivity contribution in [3.8, 4) is 0 Å². The molecule has 2 atom stereocenters. The number of hydrogen-bond acceptors (Lipinski definition) is 4. The van der Waals surface area contributed by atoms with Crippen LogP contribution in [0.1, 0.15) is 23.5 Å². The number of carbonyl (C=O) groups is 2. The summed E-state index contributed by atoms with van der Waals surface area (Å²) in [4.78, 5) is 23.8. The SMILES string of the molecule is CC(NC(=O)c1cccs1)C(=O)N[C@H](C)CO. The lowest BCUT2D eigenvalue weighted by Gasteiger charge is -2.16. The molecular formula is C11H16N2O3S. The van der Waals surface area contributed by atoms with Crippen LogP contribution in [-0.2, 0) is 4.79 Å². The van der Waals surface area contributed by atoms with Crippen LogP contribution in [0.2, 0.25) is 0 Å². The fraction of sp³-hybridized carbons (Fsp3) is 0.455. The van der Waals surface area contributed by atoms with Crippen molar-refractivity contribution in [2.45, 2.75) is 25.9 Å². The van der Waals surface area contributed by atoms with E-state index in [1.54, 1.807) is 31.4 Å². The zero-order valence-corrected chi connectivity index (χ0v) is 10.6. The highest BCUT2D eigenvalue weighted by molar-refractivity contribution is 7.12. The van der Waals surface area contributed by atoms with Crippen LogP contribution in [-0.4, -0.2) is 35.6 Å². The summed E-state index contributed by atoms with van der Waals surface area (Å²) in [5, 5.41) is 15.8. The Morgan fingerprint density at radius 3 is 2.65 bits per heavy atom. The summed E-state index contributed by atoms with van der Waals surface area (Å²) in [6, 6.07) is 2.53. The summed E-state index contributed by atoms with van der Waals surface area (Å²) in [5.41, 5.74) is 0. The van der Waals surface area contributed by atoms with Gasteiger partial charge >= 0.3 is 0 Å². The van der Waals surface area contributed by atoms with Crippen molar-refractivity contribution in [3.05, 3.63) is 22.4 Å². The second-order valence-corrected chi connectivity index (χ2v) is 4.71. The second kappa shape index (κ2) is 6.36. The number of thiophene rings is 1. The molecule has 1 aromatic heterocycles. The highest BCUT2D eigenvalue weighted by Crippen LogP contribution is 2.08. The topological polar surface area (TPSA) is 78.4 Å². The molecule has 1 aromatic rings. The molecule has 1 rings (SSSR count). The Morgan fingerprint density at radius 1 is 1.41 bits per heavy atom. The molecule has 3 N–H and O–H groups in total. The van der Waals surface area contributed by atoms with Gasteiger partial charge in [-0.15, -0.1) is 11.3 Å². The van der Waals surface area contributed by atoms with Crippen molar-refractivity contribution in [1.82, 2.24) is 10.6 Å². The quantitative estimate of drug-likeness (QED) is 0.712. The summed E-state index contributed by atoms with van der Waals surface area (Å²) in [5.74, 6) is -0.573. The molecule has 0 saturated carbocycles. The van der Waals surface area contributed by atoms with Gasteiger partial charge in [0.05, 0.1) is 11.5 Å². The molecule has 0 aliphatic heterocycles. The predicted octanol–water partition coefficient (Wildman–Crippen LogP) is 0.363. The summed E-state index contributed by atoms with van der Waals surface area (Å²) in [7, 11) is 0. The molecule has 94 valence electrons. The van der Waals surface area contributed by atoms with E-state index in [1.165, 1.54) is 11.3 Å². The fourth-order valence-electron chi connectivity index (χ4n) is 1.15. The second-order valence-electron chi connectivity index (χ2n) is 3.76. The van der Waals surface area contributed by atoms with Gasteiger partial charge < -0.3 is 15.7 Å². The maximum atomic E-state index is 11.6. The molecule has 17 heavy (non-hydrogen) atoms. The molecule has 6 heteroatoms. The predicted molar refractivity (Wildman–Crippen MR) is 65.9 cm³/mol. The minimum atomic E-state index is -0.626. The van der Waals surface area contributed by atoms with Gasteiger partial charge in [-0.1, -0.05) is 6.07 Å². The van der Waals surface area contributed by atoms with Crippen LogP contribution in [0.15, 0.2) is 17.5 Å². The van der Waals surface area contributed by atoms with Crippen LogP contribution in [0.3, 0.4) is 0 Å². The van der Waals surface area contributed by atoms with Gasteiger partial charge in [0.2, 0.25) is 5.91 Å². The van der Waals surface area contributed by atoms with E-state index in [0.717, 1.165) is 0 Å². The molecule has 1 unspecified atom stereocenters. The standard InChI is InChI=1S/C11H16N2O3S/c1-7(6-14)12-10(15)8(2)13-11(16)9-4-3-5-17-9/h3-5,7-8,14H,6H2,1-2H3,(H,12,15)(H,13,16)/t7-,8?/m1/s1. The van der Waals surface area contributed by atoms with E-state index >= 15 is 0 Å². The van der Waals surface area contributed by atoms with E-state index in [2.05, 4.69) is 10.6 Å². The Labute approximate surface area is 104 Å². The van der Waals surface area contributed by atoms with Gasteiger partial charge in [-0.2, -0.15) is 0 Å². The number of aliphatic hydroxyl groups is 1. The highest BCUT2D eigenvalue weighted by Gasteiger charge is 2.18. The number of rotatable bonds is 5. The molecule has 1 heterocycles. The minimum Gasteiger partial charge on any atom is -0.394 e. The summed E-state index contributed by atoms with van der Waals surface area (Å²) in [6.07, 6.45) is 0. The minimum absolute atomic E-state index is 0.128. The van der Waals surface area contributed by atoms with Crippen LogP contribution >= 0.6 is 11.3 Å². The maximum absolute atomic E-state index is 11.6.